The number of nitrogens with one attached hydrogen (secondary N) is 2. The van der Waals surface area contributed by atoms with Crippen LogP contribution in [0.3, 0.4) is 0 Å². The summed E-state index contributed by atoms with van der Waals surface area (Å²) in [4.78, 5) is 22.5. The SMILES string of the molecule is Cn1c(SCC(C)(NC2CC2)C(=O)O)n[nH]c1=O. The van der Waals surface area contributed by atoms with Crippen LogP contribution >= 0.6 is 11.8 Å². The van der Waals surface area contributed by atoms with Crippen LogP contribution in [0.15, 0.2) is 9.95 Å². The van der Waals surface area contributed by atoms with E-state index in [0.717, 1.165) is 12.8 Å². The first kappa shape index (κ1) is 13.2. The van der Waals surface area contributed by atoms with E-state index in [1.54, 1.807) is 14.0 Å². The average Bonchev–Trinajstić information content (AvgIpc) is 3.05. The summed E-state index contributed by atoms with van der Waals surface area (Å²) in [7, 11) is 1.60. The fraction of sp³-hybridized carbons (Fsp3) is 0.700. The smallest absolute Gasteiger partial charge is 0.343 e. The molecule has 1 unspecified atom stereocenters. The summed E-state index contributed by atoms with van der Waals surface area (Å²) >= 11 is 1.25. The Kier molecular flexibility index (Phi) is 3.49. The first-order valence-electron chi connectivity index (χ1n) is 5.68. The lowest BCUT2D eigenvalue weighted by atomic mass is 10.1. The lowest BCUT2D eigenvalue weighted by molar-refractivity contribution is -0.143. The standard InChI is InChI=1S/C10H16N4O3S/c1-10(7(15)16,11-6-3-4-6)5-18-9-13-12-8(17)14(9)2/h6,11H,3-5H2,1-2H3,(H,12,17)(H,15,16). The summed E-state index contributed by atoms with van der Waals surface area (Å²) in [6.07, 6.45) is 2.04. The highest BCUT2D eigenvalue weighted by molar-refractivity contribution is 7.99. The molecule has 7 nitrogen and oxygen atoms in total. The number of carboxylic acids is 1. The predicted octanol–water partition coefficient (Wildman–Crippen LogP) is -0.204. The van der Waals surface area contributed by atoms with Gasteiger partial charge < -0.3 is 5.11 Å². The van der Waals surface area contributed by atoms with Crippen LogP contribution in [0, 0.1) is 0 Å². The third kappa shape index (κ3) is 2.75. The highest BCUT2D eigenvalue weighted by atomic mass is 32.2. The van der Waals surface area contributed by atoms with Crippen molar-refractivity contribution in [2.75, 3.05) is 5.75 Å². The van der Waals surface area contributed by atoms with Gasteiger partial charge in [0, 0.05) is 18.8 Å². The first-order valence-corrected chi connectivity index (χ1v) is 6.66. The Bertz CT molecular complexity index is 507. The molecule has 1 atom stereocenters. The Morgan fingerprint density at radius 1 is 1.72 bits per heavy atom. The molecule has 1 aliphatic rings. The topological polar surface area (TPSA) is 100 Å². The molecule has 1 aromatic heterocycles. The highest BCUT2D eigenvalue weighted by Gasteiger charge is 2.38. The molecular weight excluding hydrogens is 256 g/mol. The molecule has 0 aliphatic heterocycles. The Hall–Kier alpha value is -1.28. The van der Waals surface area contributed by atoms with Crippen molar-refractivity contribution in [3.63, 3.8) is 0 Å². The Balaban J connectivity index is 2.03. The van der Waals surface area contributed by atoms with Crippen LogP contribution in [-0.2, 0) is 11.8 Å². The van der Waals surface area contributed by atoms with Crippen molar-refractivity contribution >= 4 is 17.7 Å². The van der Waals surface area contributed by atoms with Gasteiger partial charge in [0.15, 0.2) is 5.16 Å². The molecule has 1 heterocycles. The van der Waals surface area contributed by atoms with Gasteiger partial charge in [0.25, 0.3) is 0 Å². The van der Waals surface area contributed by atoms with E-state index in [4.69, 9.17) is 0 Å². The molecular formula is C10H16N4O3S. The van der Waals surface area contributed by atoms with Gasteiger partial charge in [0.05, 0.1) is 0 Å². The number of hydrogen-bond donors (Lipinski definition) is 3. The molecule has 1 fully saturated rings. The van der Waals surface area contributed by atoms with E-state index in [1.165, 1.54) is 16.3 Å². The molecule has 3 N–H and O–H groups in total. The summed E-state index contributed by atoms with van der Waals surface area (Å²) < 4.78 is 1.37. The highest BCUT2D eigenvalue weighted by Crippen LogP contribution is 2.26. The Labute approximate surface area is 108 Å². The summed E-state index contributed by atoms with van der Waals surface area (Å²) in [5.41, 5.74) is -1.30. The molecule has 18 heavy (non-hydrogen) atoms. The zero-order chi connectivity index (χ0) is 13.3. The van der Waals surface area contributed by atoms with Crippen molar-refractivity contribution in [1.82, 2.24) is 20.1 Å². The maximum atomic E-state index is 11.3. The number of nitrogens with zero attached hydrogens (tertiary/aromatic N) is 2. The number of aromatic amines is 1. The van der Waals surface area contributed by atoms with Gasteiger partial charge in [-0.15, -0.1) is 5.10 Å². The van der Waals surface area contributed by atoms with Gasteiger partial charge in [-0.3, -0.25) is 14.7 Å². The van der Waals surface area contributed by atoms with E-state index in [0.29, 0.717) is 17.0 Å². The zero-order valence-electron chi connectivity index (χ0n) is 10.3. The van der Waals surface area contributed by atoms with Gasteiger partial charge in [-0.1, -0.05) is 11.8 Å². The number of thioether (sulfide) groups is 1. The van der Waals surface area contributed by atoms with E-state index in [-0.39, 0.29) is 5.69 Å². The third-order valence-corrected chi connectivity index (χ3v) is 4.25. The molecule has 0 radical (unpaired) electrons. The molecule has 2 rings (SSSR count). The monoisotopic (exact) mass is 272 g/mol. The van der Waals surface area contributed by atoms with Gasteiger partial charge in [-0.05, 0) is 19.8 Å². The number of H-pyrrole nitrogens is 1. The summed E-state index contributed by atoms with van der Waals surface area (Å²) in [6.45, 7) is 1.66. The molecule has 1 saturated carbocycles. The van der Waals surface area contributed by atoms with E-state index in [2.05, 4.69) is 15.5 Å². The normalized spacial score (nSPS) is 18.6. The summed E-state index contributed by atoms with van der Waals surface area (Å²) in [5, 5.41) is 19.1. The molecule has 100 valence electrons. The number of carboxylic acid groups (broad SMARTS) is 1. The second kappa shape index (κ2) is 4.77. The number of rotatable bonds is 6. The molecule has 1 aromatic rings. The number of carbonyl (C=O) groups is 1. The zero-order valence-corrected chi connectivity index (χ0v) is 11.1. The lowest BCUT2D eigenvalue weighted by Crippen LogP contribution is -2.52. The van der Waals surface area contributed by atoms with E-state index >= 15 is 0 Å². The van der Waals surface area contributed by atoms with Crippen molar-refractivity contribution in [1.29, 1.82) is 0 Å². The molecule has 0 saturated heterocycles. The van der Waals surface area contributed by atoms with Crippen molar-refractivity contribution in [2.24, 2.45) is 7.05 Å². The van der Waals surface area contributed by atoms with E-state index < -0.39 is 11.5 Å². The predicted molar refractivity (Wildman–Crippen MR) is 66.8 cm³/mol. The van der Waals surface area contributed by atoms with Crippen LogP contribution < -0.4 is 11.0 Å². The van der Waals surface area contributed by atoms with Crippen LogP contribution in [0.1, 0.15) is 19.8 Å². The maximum Gasteiger partial charge on any atom is 0.343 e. The van der Waals surface area contributed by atoms with E-state index in [9.17, 15) is 14.7 Å². The van der Waals surface area contributed by atoms with Crippen molar-refractivity contribution in [3.8, 4) is 0 Å². The van der Waals surface area contributed by atoms with Crippen LogP contribution in [0.5, 0.6) is 0 Å². The number of hydrogen-bond acceptors (Lipinski definition) is 5. The van der Waals surface area contributed by atoms with Crippen molar-refractivity contribution in [2.45, 2.75) is 36.5 Å². The quantitative estimate of drug-likeness (QED) is 0.620. The molecule has 0 spiro atoms. The largest absolute Gasteiger partial charge is 0.480 e. The first-order chi connectivity index (χ1) is 8.42. The van der Waals surface area contributed by atoms with E-state index in [1.807, 2.05) is 0 Å². The molecule has 8 heteroatoms. The van der Waals surface area contributed by atoms with Gasteiger partial charge in [0.1, 0.15) is 5.54 Å². The number of aliphatic carboxylic acids is 1. The minimum atomic E-state index is -0.999. The minimum Gasteiger partial charge on any atom is -0.480 e. The summed E-state index contributed by atoms with van der Waals surface area (Å²) in [5.74, 6) is -0.570. The van der Waals surface area contributed by atoms with Gasteiger partial charge in [0.2, 0.25) is 0 Å². The number of aromatic nitrogens is 3. The van der Waals surface area contributed by atoms with Crippen molar-refractivity contribution < 1.29 is 9.90 Å². The molecule has 1 aliphatic carbocycles. The van der Waals surface area contributed by atoms with Crippen molar-refractivity contribution in [3.05, 3.63) is 10.5 Å². The second-order valence-electron chi connectivity index (χ2n) is 4.71. The lowest BCUT2D eigenvalue weighted by Gasteiger charge is -2.25. The molecule has 0 aromatic carbocycles. The Morgan fingerprint density at radius 2 is 2.39 bits per heavy atom. The van der Waals surface area contributed by atoms with Crippen LogP contribution in [0.2, 0.25) is 0 Å². The van der Waals surface area contributed by atoms with Gasteiger partial charge in [-0.2, -0.15) is 0 Å². The van der Waals surface area contributed by atoms with Crippen LogP contribution in [-0.4, -0.2) is 43.2 Å². The summed E-state index contributed by atoms with van der Waals surface area (Å²) in [6, 6.07) is 0.301. The fourth-order valence-electron chi connectivity index (χ4n) is 1.51. The fourth-order valence-corrected chi connectivity index (χ4v) is 2.53. The van der Waals surface area contributed by atoms with Gasteiger partial charge in [-0.25, -0.2) is 9.89 Å². The minimum absolute atomic E-state index is 0.301. The molecule has 0 amide bonds. The molecule has 0 bridgehead atoms. The van der Waals surface area contributed by atoms with Gasteiger partial charge >= 0.3 is 11.7 Å². The maximum absolute atomic E-state index is 11.3. The second-order valence-corrected chi connectivity index (χ2v) is 5.66. The van der Waals surface area contributed by atoms with Crippen LogP contribution in [0.4, 0.5) is 0 Å². The van der Waals surface area contributed by atoms with Crippen LogP contribution in [0.25, 0.3) is 0 Å². The Morgan fingerprint density at radius 3 is 2.83 bits per heavy atom. The third-order valence-electron chi connectivity index (χ3n) is 2.90. The average molecular weight is 272 g/mol.